The second kappa shape index (κ2) is 4.40. The molecule has 0 bridgehead atoms. The summed E-state index contributed by atoms with van der Waals surface area (Å²) in [5, 5.41) is 0. The zero-order chi connectivity index (χ0) is 10.7. The molecule has 1 heterocycles. The van der Waals surface area contributed by atoms with Gasteiger partial charge in [-0.05, 0) is 25.0 Å². The predicted octanol–water partition coefficient (Wildman–Crippen LogP) is 1.58. The minimum atomic E-state index is 0.321. The van der Waals surface area contributed by atoms with Crippen LogP contribution in [-0.4, -0.2) is 25.8 Å². The van der Waals surface area contributed by atoms with E-state index in [1.807, 2.05) is 20.0 Å². The fourth-order valence-corrected chi connectivity index (χ4v) is 1.55. The molecule has 0 amide bonds. The van der Waals surface area contributed by atoms with E-state index in [0.29, 0.717) is 12.4 Å². The number of nitrogens with zero attached hydrogens (tertiary/aromatic N) is 1. The number of nitrogens with two attached hydrogens (primary N) is 1. The van der Waals surface area contributed by atoms with Crippen LogP contribution in [0.5, 0.6) is 0 Å². The molecule has 3 heteroatoms. The van der Waals surface area contributed by atoms with Gasteiger partial charge in [0.25, 0.3) is 0 Å². The highest BCUT2D eigenvalue weighted by molar-refractivity contribution is 6.10. The van der Waals surface area contributed by atoms with Crippen molar-refractivity contribution >= 4 is 7.85 Å². The average Bonchev–Trinajstić information content (AvgIpc) is 2.20. The van der Waals surface area contributed by atoms with Crippen LogP contribution in [0.25, 0.3) is 0 Å². The first-order chi connectivity index (χ1) is 6.60. The smallest absolute Gasteiger partial charge is 0.0717 e. The second-order valence-electron chi connectivity index (χ2n) is 3.59. The van der Waals surface area contributed by atoms with Crippen molar-refractivity contribution in [2.45, 2.75) is 26.2 Å². The molecule has 1 aliphatic rings. The summed E-state index contributed by atoms with van der Waals surface area (Å²) in [6.45, 7) is 4.08. The molecule has 0 aromatic carbocycles. The highest BCUT2D eigenvalue weighted by Gasteiger charge is 2.18. The summed E-state index contributed by atoms with van der Waals surface area (Å²) in [6.07, 6.45) is 6.63. The Hall–Kier alpha value is -1.12. The third kappa shape index (κ3) is 2.03. The molecule has 0 aliphatic carbocycles. The van der Waals surface area contributed by atoms with E-state index in [4.69, 9.17) is 13.6 Å². The van der Waals surface area contributed by atoms with Gasteiger partial charge in [-0.25, -0.2) is 0 Å². The lowest BCUT2D eigenvalue weighted by molar-refractivity contribution is 0.386. The first kappa shape index (κ1) is 11.0. The third-order valence-corrected chi connectivity index (χ3v) is 2.65. The fraction of sp³-hybridized carbons (Fsp3) is 0.455. The Bertz CT molecular complexity index is 302. The molecule has 0 fully saturated rings. The molecule has 2 nitrogen and oxygen atoms in total. The van der Waals surface area contributed by atoms with Gasteiger partial charge >= 0.3 is 0 Å². The lowest BCUT2D eigenvalue weighted by Crippen LogP contribution is -2.31. The summed E-state index contributed by atoms with van der Waals surface area (Å²) in [6, 6.07) is 0.321. The number of hydrogen-bond acceptors (Lipinski definition) is 2. The SMILES string of the molecule is [B]CC1=CN(C)C(C)C(/C(N)=C\C)=C1. The van der Waals surface area contributed by atoms with Gasteiger partial charge in [0.1, 0.15) is 0 Å². The molecule has 1 atom stereocenters. The molecule has 1 aliphatic heterocycles. The first-order valence-electron chi connectivity index (χ1n) is 4.86. The van der Waals surface area contributed by atoms with Crippen molar-refractivity contribution in [3.63, 3.8) is 0 Å². The molecule has 0 spiro atoms. The monoisotopic (exact) mass is 188 g/mol. The van der Waals surface area contributed by atoms with Crippen molar-refractivity contribution in [1.82, 2.24) is 4.90 Å². The zero-order valence-electron chi connectivity index (χ0n) is 9.12. The van der Waals surface area contributed by atoms with Gasteiger partial charge in [0.2, 0.25) is 0 Å². The molecule has 1 unspecified atom stereocenters. The van der Waals surface area contributed by atoms with Gasteiger partial charge < -0.3 is 10.6 Å². The van der Waals surface area contributed by atoms with E-state index in [9.17, 15) is 0 Å². The molecule has 0 aromatic rings. The van der Waals surface area contributed by atoms with Gasteiger partial charge in [-0.3, -0.25) is 0 Å². The zero-order valence-corrected chi connectivity index (χ0v) is 9.12. The van der Waals surface area contributed by atoms with Crippen LogP contribution >= 0.6 is 0 Å². The van der Waals surface area contributed by atoms with E-state index in [2.05, 4.69) is 24.1 Å². The van der Waals surface area contributed by atoms with Crippen LogP contribution in [0.1, 0.15) is 13.8 Å². The summed E-state index contributed by atoms with van der Waals surface area (Å²) in [7, 11) is 7.65. The topological polar surface area (TPSA) is 29.3 Å². The molecular weight excluding hydrogens is 171 g/mol. The normalized spacial score (nSPS) is 23.2. The largest absolute Gasteiger partial charge is 0.399 e. The molecule has 0 aromatic heterocycles. The quantitative estimate of drug-likeness (QED) is 0.666. The molecule has 2 radical (unpaired) electrons. The Labute approximate surface area is 87.6 Å². The molecule has 2 N–H and O–H groups in total. The number of hydrogen-bond donors (Lipinski definition) is 1. The summed E-state index contributed by atoms with van der Waals surface area (Å²) < 4.78 is 0. The predicted molar refractivity (Wildman–Crippen MR) is 61.9 cm³/mol. The van der Waals surface area contributed by atoms with Gasteiger partial charge in [0.05, 0.1) is 13.9 Å². The van der Waals surface area contributed by atoms with Gasteiger partial charge in [-0.15, -0.1) is 0 Å². The number of rotatable bonds is 2. The minimum Gasteiger partial charge on any atom is -0.399 e. The Morgan fingerprint density at radius 1 is 1.71 bits per heavy atom. The summed E-state index contributed by atoms with van der Waals surface area (Å²) >= 11 is 0. The summed E-state index contributed by atoms with van der Waals surface area (Å²) in [5.41, 5.74) is 9.02. The van der Waals surface area contributed by atoms with Crippen molar-refractivity contribution in [3.05, 3.63) is 35.2 Å². The molecule has 0 saturated carbocycles. The average molecular weight is 188 g/mol. The van der Waals surface area contributed by atoms with E-state index >= 15 is 0 Å². The van der Waals surface area contributed by atoms with Crippen molar-refractivity contribution < 1.29 is 0 Å². The van der Waals surface area contributed by atoms with Gasteiger partial charge in [-0.1, -0.05) is 18.5 Å². The Kier molecular flexibility index (Phi) is 3.45. The lowest BCUT2D eigenvalue weighted by Gasteiger charge is -2.31. The van der Waals surface area contributed by atoms with Crippen LogP contribution in [-0.2, 0) is 0 Å². The maximum atomic E-state index is 5.92. The van der Waals surface area contributed by atoms with Gasteiger partial charge in [0.15, 0.2) is 0 Å². The van der Waals surface area contributed by atoms with Crippen molar-refractivity contribution in [2.75, 3.05) is 7.05 Å². The highest BCUT2D eigenvalue weighted by Crippen LogP contribution is 2.23. The van der Waals surface area contributed by atoms with Crippen LogP contribution in [0.4, 0.5) is 0 Å². The fourth-order valence-electron chi connectivity index (χ4n) is 1.55. The lowest BCUT2D eigenvalue weighted by atomic mass is 9.90. The Morgan fingerprint density at radius 3 is 2.86 bits per heavy atom. The highest BCUT2D eigenvalue weighted by atomic mass is 15.1. The Morgan fingerprint density at radius 2 is 2.36 bits per heavy atom. The standard InChI is InChI=1S/C11H17BN2/c1-4-11(13)10-5-9(6-12)7-14(3)8(10)2/h4-5,7-8H,6,13H2,1-3H3/b11-4+. The van der Waals surface area contributed by atoms with E-state index in [-0.39, 0.29) is 0 Å². The maximum Gasteiger partial charge on any atom is 0.0717 e. The summed E-state index contributed by atoms with van der Waals surface area (Å²) in [4.78, 5) is 2.13. The molecule has 0 saturated heterocycles. The summed E-state index contributed by atoms with van der Waals surface area (Å²) in [5.74, 6) is 0. The number of likely N-dealkylation sites (N-methyl/N-ethyl adjacent to an activating group) is 1. The van der Waals surface area contributed by atoms with E-state index in [1.165, 1.54) is 0 Å². The van der Waals surface area contributed by atoms with Crippen LogP contribution < -0.4 is 5.73 Å². The van der Waals surface area contributed by atoms with Gasteiger partial charge in [-0.2, -0.15) is 0 Å². The van der Waals surface area contributed by atoms with Crippen molar-refractivity contribution in [1.29, 1.82) is 0 Å². The van der Waals surface area contributed by atoms with Crippen molar-refractivity contribution in [2.24, 2.45) is 5.73 Å². The van der Waals surface area contributed by atoms with Crippen LogP contribution in [0, 0.1) is 0 Å². The van der Waals surface area contributed by atoms with E-state index in [1.54, 1.807) is 0 Å². The van der Waals surface area contributed by atoms with E-state index in [0.717, 1.165) is 16.8 Å². The first-order valence-corrected chi connectivity index (χ1v) is 4.86. The molecule has 1 rings (SSSR count). The Balaban J connectivity index is 3.03. The molecule has 74 valence electrons. The van der Waals surface area contributed by atoms with Gasteiger partial charge in [0, 0.05) is 18.9 Å². The third-order valence-electron chi connectivity index (χ3n) is 2.65. The van der Waals surface area contributed by atoms with Crippen molar-refractivity contribution in [3.8, 4) is 0 Å². The minimum absolute atomic E-state index is 0.321. The van der Waals surface area contributed by atoms with Crippen LogP contribution in [0.2, 0.25) is 6.32 Å². The maximum absolute atomic E-state index is 5.92. The van der Waals surface area contributed by atoms with Crippen LogP contribution in [0.15, 0.2) is 35.2 Å². The van der Waals surface area contributed by atoms with E-state index < -0.39 is 0 Å². The molecular formula is C11H17BN2. The second-order valence-corrected chi connectivity index (χ2v) is 3.59. The number of allylic oxidation sites excluding steroid dienone is 3. The molecule has 14 heavy (non-hydrogen) atoms. The van der Waals surface area contributed by atoms with Crippen LogP contribution in [0.3, 0.4) is 0 Å².